The van der Waals surface area contributed by atoms with E-state index >= 15 is 0 Å². The van der Waals surface area contributed by atoms with E-state index < -0.39 is 18.5 Å². The van der Waals surface area contributed by atoms with Gasteiger partial charge < -0.3 is 10.1 Å². The quantitative estimate of drug-likeness (QED) is 0.872. The van der Waals surface area contributed by atoms with Gasteiger partial charge in [-0.15, -0.1) is 0 Å². The van der Waals surface area contributed by atoms with Crippen LogP contribution in [0.25, 0.3) is 0 Å². The maximum atomic E-state index is 11.8. The zero-order valence-corrected chi connectivity index (χ0v) is 11.9. The molecule has 112 valence electrons. The Hall–Kier alpha value is -3.64. The molecule has 0 aliphatic heterocycles. The average molecular weight is 305 g/mol. The number of rotatable bonds is 4. The van der Waals surface area contributed by atoms with Crippen LogP contribution in [0, 0.1) is 22.7 Å². The van der Waals surface area contributed by atoms with E-state index in [1.165, 1.54) is 30.3 Å². The molecule has 6 nitrogen and oxygen atoms in total. The molecule has 2 aromatic carbocycles. The minimum absolute atomic E-state index is 0.253. The summed E-state index contributed by atoms with van der Waals surface area (Å²) < 4.78 is 4.89. The van der Waals surface area contributed by atoms with E-state index in [2.05, 4.69) is 5.32 Å². The molecule has 0 radical (unpaired) electrons. The van der Waals surface area contributed by atoms with Crippen LogP contribution in [0.1, 0.15) is 21.5 Å². The van der Waals surface area contributed by atoms with E-state index in [1.54, 1.807) is 18.2 Å². The number of carbonyl (C=O) groups is 2. The second kappa shape index (κ2) is 7.39. The van der Waals surface area contributed by atoms with Gasteiger partial charge in [0, 0.05) is 5.69 Å². The van der Waals surface area contributed by atoms with Gasteiger partial charge in [0.15, 0.2) is 6.61 Å². The topological polar surface area (TPSA) is 103 Å². The van der Waals surface area contributed by atoms with Crippen molar-refractivity contribution in [2.24, 2.45) is 0 Å². The van der Waals surface area contributed by atoms with Crippen molar-refractivity contribution in [3.05, 3.63) is 65.2 Å². The Kier molecular flexibility index (Phi) is 5.06. The number of hydrogen-bond donors (Lipinski definition) is 1. The first-order valence-electron chi connectivity index (χ1n) is 6.59. The van der Waals surface area contributed by atoms with Crippen LogP contribution in [0.15, 0.2) is 48.5 Å². The third-order valence-corrected chi connectivity index (χ3v) is 2.86. The molecule has 23 heavy (non-hydrogen) atoms. The standard InChI is InChI=1S/C17H11N3O3/c18-9-12-4-6-14(7-5-12)17(22)23-11-16(21)20-15-3-1-2-13(8-15)10-19/h1-8H,11H2,(H,20,21). The van der Waals surface area contributed by atoms with E-state index in [4.69, 9.17) is 15.3 Å². The van der Waals surface area contributed by atoms with Gasteiger partial charge in [-0.05, 0) is 42.5 Å². The molecule has 2 rings (SSSR count). The first kappa shape index (κ1) is 15.7. The van der Waals surface area contributed by atoms with E-state index in [9.17, 15) is 9.59 Å². The predicted octanol–water partition coefficient (Wildman–Crippen LogP) is 2.23. The van der Waals surface area contributed by atoms with Crippen molar-refractivity contribution in [2.75, 3.05) is 11.9 Å². The van der Waals surface area contributed by atoms with Crippen LogP contribution in [0.4, 0.5) is 5.69 Å². The maximum Gasteiger partial charge on any atom is 0.338 e. The van der Waals surface area contributed by atoms with Gasteiger partial charge in [-0.2, -0.15) is 10.5 Å². The van der Waals surface area contributed by atoms with Crippen molar-refractivity contribution in [1.29, 1.82) is 10.5 Å². The Labute approximate surface area is 132 Å². The third-order valence-electron chi connectivity index (χ3n) is 2.86. The molecule has 0 unspecified atom stereocenters. The third kappa shape index (κ3) is 4.42. The number of esters is 1. The van der Waals surface area contributed by atoms with Crippen LogP contribution < -0.4 is 5.32 Å². The summed E-state index contributed by atoms with van der Waals surface area (Å²) in [6.45, 7) is -0.449. The summed E-state index contributed by atoms with van der Waals surface area (Å²) in [4.78, 5) is 23.5. The highest BCUT2D eigenvalue weighted by Crippen LogP contribution is 2.10. The van der Waals surface area contributed by atoms with Crippen molar-refractivity contribution in [3.63, 3.8) is 0 Å². The van der Waals surface area contributed by atoms with Crippen molar-refractivity contribution in [2.45, 2.75) is 0 Å². The van der Waals surface area contributed by atoms with Crippen LogP contribution in [0.2, 0.25) is 0 Å². The number of amides is 1. The zero-order valence-electron chi connectivity index (χ0n) is 11.9. The van der Waals surface area contributed by atoms with E-state index in [-0.39, 0.29) is 5.56 Å². The molecule has 0 aliphatic carbocycles. The molecule has 1 amide bonds. The Bertz CT molecular complexity index is 814. The van der Waals surface area contributed by atoms with Crippen molar-refractivity contribution in [3.8, 4) is 12.1 Å². The molecular weight excluding hydrogens is 294 g/mol. The largest absolute Gasteiger partial charge is 0.452 e. The monoisotopic (exact) mass is 305 g/mol. The van der Waals surface area contributed by atoms with Crippen molar-refractivity contribution >= 4 is 17.6 Å². The van der Waals surface area contributed by atoms with Gasteiger partial charge in [-0.1, -0.05) is 6.07 Å². The fraction of sp³-hybridized carbons (Fsp3) is 0.0588. The molecule has 0 bridgehead atoms. The van der Waals surface area contributed by atoms with E-state index in [0.717, 1.165) is 0 Å². The van der Waals surface area contributed by atoms with Gasteiger partial charge in [0.2, 0.25) is 0 Å². The second-order valence-electron chi connectivity index (χ2n) is 4.51. The molecule has 2 aromatic rings. The zero-order chi connectivity index (χ0) is 16.7. The Balaban J connectivity index is 1.89. The number of hydrogen-bond acceptors (Lipinski definition) is 5. The first-order chi connectivity index (χ1) is 11.1. The molecule has 0 atom stereocenters. The molecule has 0 heterocycles. The minimum Gasteiger partial charge on any atom is -0.452 e. The van der Waals surface area contributed by atoms with Gasteiger partial charge in [0.25, 0.3) is 5.91 Å². The first-order valence-corrected chi connectivity index (χ1v) is 6.59. The second-order valence-corrected chi connectivity index (χ2v) is 4.51. The lowest BCUT2D eigenvalue weighted by Crippen LogP contribution is -2.20. The Morgan fingerprint density at radius 3 is 2.35 bits per heavy atom. The molecule has 0 spiro atoms. The van der Waals surface area contributed by atoms with Gasteiger partial charge >= 0.3 is 5.97 Å². The fourth-order valence-corrected chi connectivity index (χ4v) is 1.76. The summed E-state index contributed by atoms with van der Waals surface area (Å²) in [5.41, 5.74) is 1.54. The summed E-state index contributed by atoms with van der Waals surface area (Å²) in [6.07, 6.45) is 0. The molecule has 6 heteroatoms. The lowest BCUT2D eigenvalue weighted by atomic mass is 10.1. The number of benzene rings is 2. The summed E-state index contributed by atoms with van der Waals surface area (Å²) >= 11 is 0. The average Bonchev–Trinajstić information content (AvgIpc) is 2.60. The maximum absolute atomic E-state index is 11.8. The van der Waals surface area contributed by atoms with E-state index in [1.807, 2.05) is 12.1 Å². The smallest absolute Gasteiger partial charge is 0.338 e. The van der Waals surface area contributed by atoms with Gasteiger partial charge in [-0.3, -0.25) is 4.79 Å². The van der Waals surface area contributed by atoms with Gasteiger partial charge in [-0.25, -0.2) is 4.79 Å². The summed E-state index contributed by atoms with van der Waals surface area (Å²) in [5.74, 6) is -1.17. The normalized spacial score (nSPS) is 9.30. The van der Waals surface area contributed by atoms with Crippen LogP contribution in [0.3, 0.4) is 0 Å². The molecular formula is C17H11N3O3. The fourth-order valence-electron chi connectivity index (χ4n) is 1.76. The molecule has 0 fully saturated rings. The highest BCUT2D eigenvalue weighted by molar-refractivity contribution is 5.95. The molecule has 0 saturated heterocycles. The van der Waals surface area contributed by atoms with Crippen LogP contribution in [0.5, 0.6) is 0 Å². The lowest BCUT2D eigenvalue weighted by Gasteiger charge is -2.07. The summed E-state index contributed by atoms with van der Waals surface area (Å²) in [6, 6.07) is 16.2. The SMILES string of the molecule is N#Cc1ccc(C(=O)OCC(=O)Nc2cccc(C#N)c2)cc1. The molecule has 0 aliphatic rings. The summed E-state index contributed by atoms with van der Waals surface area (Å²) in [5, 5.41) is 20.0. The number of nitrogens with one attached hydrogen (secondary N) is 1. The number of ether oxygens (including phenoxy) is 1. The van der Waals surface area contributed by atoms with Gasteiger partial charge in [0.1, 0.15) is 0 Å². The number of carbonyl (C=O) groups excluding carboxylic acids is 2. The van der Waals surface area contributed by atoms with Crippen LogP contribution in [-0.2, 0) is 9.53 Å². The Morgan fingerprint density at radius 2 is 1.70 bits per heavy atom. The number of nitriles is 2. The lowest BCUT2D eigenvalue weighted by molar-refractivity contribution is -0.119. The van der Waals surface area contributed by atoms with Crippen molar-refractivity contribution < 1.29 is 14.3 Å². The van der Waals surface area contributed by atoms with Gasteiger partial charge in [0.05, 0.1) is 28.8 Å². The van der Waals surface area contributed by atoms with Crippen LogP contribution >= 0.6 is 0 Å². The summed E-state index contributed by atoms with van der Waals surface area (Å²) in [7, 11) is 0. The number of nitrogens with zero attached hydrogens (tertiary/aromatic N) is 2. The minimum atomic E-state index is -0.657. The van der Waals surface area contributed by atoms with Crippen molar-refractivity contribution in [1.82, 2.24) is 0 Å². The van der Waals surface area contributed by atoms with Crippen LogP contribution in [-0.4, -0.2) is 18.5 Å². The highest BCUT2D eigenvalue weighted by atomic mass is 16.5. The molecule has 1 N–H and O–H groups in total. The molecule has 0 saturated carbocycles. The number of anilines is 1. The van der Waals surface area contributed by atoms with E-state index in [0.29, 0.717) is 16.8 Å². The molecule has 0 aromatic heterocycles. The highest BCUT2D eigenvalue weighted by Gasteiger charge is 2.10. The Morgan fingerprint density at radius 1 is 1.00 bits per heavy atom. The predicted molar refractivity (Wildman–Crippen MR) is 81.2 cm³/mol.